The summed E-state index contributed by atoms with van der Waals surface area (Å²) in [6.07, 6.45) is 0. The third-order valence-corrected chi connectivity index (χ3v) is 4.28. The lowest BCUT2D eigenvalue weighted by Gasteiger charge is -2.33. The highest BCUT2D eigenvalue weighted by molar-refractivity contribution is 7.80. The van der Waals surface area contributed by atoms with E-state index in [9.17, 15) is 0 Å². The Labute approximate surface area is 137 Å². The van der Waals surface area contributed by atoms with Gasteiger partial charge in [-0.25, -0.2) is 0 Å². The van der Waals surface area contributed by atoms with Gasteiger partial charge in [0.05, 0.1) is 26.2 Å². The SMILES string of the molecule is CCNC(=S)N1CC[NH+](CCOc2ccc(Cl)cc2)CC1. The first-order valence-electron chi connectivity index (χ1n) is 7.43. The summed E-state index contributed by atoms with van der Waals surface area (Å²) < 4.78 is 5.75. The first-order valence-corrected chi connectivity index (χ1v) is 8.22. The summed E-state index contributed by atoms with van der Waals surface area (Å²) in [5.74, 6) is 0.880. The van der Waals surface area contributed by atoms with Crippen LogP contribution >= 0.6 is 23.8 Å². The standard InChI is InChI=1S/C15H22ClN3OS/c1-2-17-15(21)19-9-7-18(8-10-19)11-12-20-14-5-3-13(16)4-6-14/h3-6H,2,7-12H2,1H3,(H,17,21)/p+1. The van der Waals surface area contributed by atoms with E-state index in [0.29, 0.717) is 0 Å². The molecule has 6 heteroatoms. The van der Waals surface area contributed by atoms with Crippen molar-refractivity contribution in [3.63, 3.8) is 0 Å². The van der Waals surface area contributed by atoms with Gasteiger partial charge in [-0.1, -0.05) is 11.6 Å². The number of thiocarbonyl (C=S) groups is 1. The lowest BCUT2D eigenvalue weighted by molar-refractivity contribution is -0.903. The van der Waals surface area contributed by atoms with Crippen LogP contribution in [-0.4, -0.2) is 55.9 Å². The van der Waals surface area contributed by atoms with E-state index in [2.05, 4.69) is 17.1 Å². The fourth-order valence-corrected chi connectivity index (χ4v) is 2.84. The number of quaternary nitrogens is 1. The van der Waals surface area contributed by atoms with Gasteiger partial charge in [0.1, 0.15) is 18.9 Å². The van der Waals surface area contributed by atoms with Crippen LogP contribution in [0, 0.1) is 0 Å². The maximum Gasteiger partial charge on any atom is 0.169 e. The van der Waals surface area contributed by atoms with E-state index < -0.39 is 0 Å². The van der Waals surface area contributed by atoms with E-state index in [1.54, 1.807) is 4.90 Å². The summed E-state index contributed by atoms with van der Waals surface area (Å²) in [6, 6.07) is 7.52. The molecule has 1 fully saturated rings. The van der Waals surface area contributed by atoms with Crippen LogP contribution in [0.3, 0.4) is 0 Å². The number of nitrogens with zero attached hydrogens (tertiary/aromatic N) is 1. The Hall–Kier alpha value is -1.04. The molecular weight excluding hydrogens is 306 g/mol. The van der Waals surface area contributed by atoms with Gasteiger partial charge in [0.25, 0.3) is 0 Å². The molecule has 1 saturated heterocycles. The Kier molecular flexibility index (Phi) is 6.54. The Bertz CT molecular complexity index is 447. The average molecular weight is 329 g/mol. The molecule has 0 aromatic heterocycles. The predicted molar refractivity (Wildman–Crippen MR) is 90.4 cm³/mol. The third-order valence-electron chi connectivity index (χ3n) is 3.62. The van der Waals surface area contributed by atoms with Crippen molar-refractivity contribution in [3.05, 3.63) is 29.3 Å². The van der Waals surface area contributed by atoms with Crippen molar-refractivity contribution in [2.24, 2.45) is 0 Å². The van der Waals surface area contributed by atoms with E-state index in [-0.39, 0.29) is 0 Å². The number of halogens is 1. The number of benzene rings is 1. The second kappa shape index (κ2) is 8.41. The fourth-order valence-electron chi connectivity index (χ4n) is 2.38. The Morgan fingerprint density at radius 1 is 1.33 bits per heavy atom. The lowest BCUT2D eigenvalue weighted by atomic mass is 10.3. The number of hydrogen-bond donors (Lipinski definition) is 2. The van der Waals surface area contributed by atoms with Gasteiger partial charge in [-0.2, -0.15) is 0 Å². The topological polar surface area (TPSA) is 28.9 Å². The molecule has 1 heterocycles. The predicted octanol–water partition coefficient (Wildman–Crippen LogP) is 0.814. The molecule has 0 saturated carbocycles. The molecule has 21 heavy (non-hydrogen) atoms. The summed E-state index contributed by atoms with van der Waals surface area (Å²) in [5, 5.41) is 4.83. The lowest BCUT2D eigenvalue weighted by Crippen LogP contribution is -3.15. The van der Waals surface area contributed by atoms with Crippen molar-refractivity contribution in [3.8, 4) is 5.75 Å². The Morgan fingerprint density at radius 2 is 2.00 bits per heavy atom. The smallest absolute Gasteiger partial charge is 0.169 e. The average Bonchev–Trinajstić information content (AvgIpc) is 2.50. The second-order valence-corrected chi connectivity index (χ2v) is 5.95. The minimum Gasteiger partial charge on any atom is -0.488 e. The van der Waals surface area contributed by atoms with Crippen LogP contribution in [0.2, 0.25) is 5.02 Å². The summed E-state index contributed by atoms with van der Waals surface area (Å²) in [7, 11) is 0. The van der Waals surface area contributed by atoms with Crippen molar-refractivity contribution in [2.45, 2.75) is 6.92 Å². The Balaban J connectivity index is 1.65. The largest absolute Gasteiger partial charge is 0.488 e. The number of nitrogens with one attached hydrogen (secondary N) is 2. The molecule has 0 aliphatic carbocycles. The minimum absolute atomic E-state index is 0.731. The first-order chi connectivity index (χ1) is 10.2. The first kappa shape index (κ1) is 16.3. The van der Waals surface area contributed by atoms with E-state index in [0.717, 1.165) is 61.8 Å². The molecule has 1 aliphatic rings. The van der Waals surface area contributed by atoms with Crippen LogP contribution in [0.4, 0.5) is 0 Å². The zero-order valence-corrected chi connectivity index (χ0v) is 14.0. The van der Waals surface area contributed by atoms with E-state index in [1.807, 2.05) is 24.3 Å². The van der Waals surface area contributed by atoms with Gasteiger partial charge in [-0.15, -0.1) is 0 Å². The van der Waals surface area contributed by atoms with Crippen molar-refractivity contribution in [1.29, 1.82) is 0 Å². The van der Waals surface area contributed by atoms with Gasteiger partial charge in [-0.05, 0) is 43.4 Å². The van der Waals surface area contributed by atoms with Gasteiger partial charge in [-0.3, -0.25) is 0 Å². The molecule has 4 nitrogen and oxygen atoms in total. The molecule has 1 aromatic carbocycles. The summed E-state index contributed by atoms with van der Waals surface area (Å²) in [6.45, 7) is 8.96. The zero-order valence-electron chi connectivity index (χ0n) is 12.4. The van der Waals surface area contributed by atoms with Crippen LogP contribution in [-0.2, 0) is 0 Å². The van der Waals surface area contributed by atoms with E-state index in [1.165, 1.54) is 0 Å². The number of piperazine rings is 1. The molecular formula is C15H23ClN3OS+. The monoisotopic (exact) mass is 328 g/mol. The highest BCUT2D eigenvalue weighted by atomic mass is 35.5. The zero-order chi connectivity index (χ0) is 15.1. The van der Waals surface area contributed by atoms with Crippen LogP contribution in [0.1, 0.15) is 6.92 Å². The van der Waals surface area contributed by atoms with E-state index >= 15 is 0 Å². The number of hydrogen-bond acceptors (Lipinski definition) is 2. The van der Waals surface area contributed by atoms with Gasteiger partial charge in [0, 0.05) is 11.6 Å². The molecule has 2 N–H and O–H groups in total. The third kappa shape index (κ3) is 5.34. The van der Waals surface area contributed by atoms with Crippen molar-refractivity contribution >= 4 is 28.9 Å². The van der Waals surface area contributed by atoms with Crippen LogP contribution in [0.15, 0.2) is 24.3 Å². The van der Waals surface area contributed by atoms with Crippen molar-refractivity contribution in [2.75, 3.05) is 45.9 Å². The van der Waals surface area contributed by atoms with Crippen LogP contribution in [0.5, 0.6) is 5.75 Å². The normalized spacial score (nSPS) is 15.8. The van der Waals surface area contributed by atoms with Crippen molar-refractivity contribution in [1.82, 2.24) is 10.2 Å². The summed E-state index contributed by atoms with van der Waals surface area (Å²) in [5.41, 5.74) is 0. The highest BCUT2D eigenvalue weighted by Gasteiger charge is 2.21. The molecule has 1 aliphatic heterocycles. The molecule has 0 bridgehead atoms. The second-order valence-electron chi connectivity index (χ2n) is 5.12. The van der Waals surface area contributed by atoms with Gasteiger partial charge < -0.3 is 19.9 Å². The molecule has 1 aromatic rings. The number of ether oxygens (including phenoxy) is 1. The maximum atomic E-state index is 5.85. The van der Waals surface area contributed by atoms with E-state index in [4.69, 9.17) is 28.6 Å². The molecule has 0 spiro atoms. The van der Waals surface area contributed by atoms with Gasteiger partial charge in [0.15, 0.2) is 5.11 Å². The molecule has 0 atom stereocenters. The summed E-state index contributed by atoms with van der Waals surface area (Å²) >= 11 is 11.2. The van der Waals surface area contributed by atoms with Crippen LogP contribution < -0.4 is 15.0 Å². The number of rotatable bonds is 5. The van der Waals surface area contributed by atoms with Crippen molar-refractivity contribution < 1.29 is 9.64 Å². The van der Waals surface area contributed by atoms with Gasteiger partial charge >= 0.3 is 0 Å². The summed E-state index contributed by atoms with van der Waals surface area (Å²) in [4.78, 5) is 3.82. The molecule has 0 amide bonds. The molecule has 0 radical (unpaired) electrons. The highest BCUT2D eigenvalue weighted by Crippen LogP contribution is 2.14. The molecule has 2 rings (SSSR count). The maximum absolute atomic E-state index is 5.85. The minimum atomic E-state index is 0.731. The van der Waals surface area contributed by atoms with Crippen LogP contribution in [0.25, 0.3) is 0 Å². The Morgan fingerprint density at radius 3 is 2.62 bits per heavy atom. The quantitative estimate of drug-likeness (QED) is 0.783. The molecule has 0 unspecified atom stereocenters. The fraction of sp³-hybridized carbons (Fsp3) is 0.533. The van der Waals surface area contributed by atoms with Gasteiger partial charge in [0.2, 0.25) is 0 Å². The molecule has 116 valence electrons.